The molecule has 6 heteroatoms. The van der Waals surface area contributed by atoms with Gasteiger partial charge in [-0.1, -0.05) is 11.8 Å². The molecule has 1 heterocycles. The highest BCUT2D eigenvalue weighted by atomic mass is 32.1. The van der Waals surface area contributed by atoms with Crippen molar-refractivity contribution in [1.29, 1.82) is 0 Å². The average Bonchev–Trinajstić information content (AvgIpc) is 2.81. The van der Waals surface area contributed by atoms with E-state index in [9.17, 15) is 9.59 Å². The molecule has 5 nitrogen and oxygen atoms in total. The van der Waals surface area contributed by atoms with Crippen molar-refractivity contribution in [1.82, 2.24) is 5.32 Å². The predicted octanol–water partition coefficient (Wildman–Crippen LogP) is -0.00530. The quantitative estimate of drug-likeness (QED) is 0.587. The van der Waals surface area contributed by atoms with Gasteiger partial charge in [-0.3, -0.25) is 9.59 Å². The Morgan fingerprint density at radius 3 is 3.00 bits per heavy atom. The SMILES string of the molecule is COC(=O)CNC(=O)c1csc(C#CCO)c1. The van der Waals surface area contributed by atoms with Crippen molar-refractivity contribution in [3.63, 3.8) is 0 Å². The second-order valence-corrected chi connectivity index (χ2v) is 3.83. The summed E-state index contributed by atoms with van der Waals surface area (Å²) in [6.45, 7) is -0.384. The van der Waals surface area contributed by atoms with Crippen LogP contribution >= 0.6 is 11.3 Å². The highest BCUT2D eigenvalue weighted by molar-refractivity contribution is 7.10. The fourth-order valence-corrected chi connectivity index (χ4v) is 1.73. The molecule has 0 aliphatic heterocycles. The van der Waals surface area contributed by atoms with Crippen molar-refractivity contribution >= 4 is 23.2 Å². The van der Waals surface area contributed by atoms with E-state index in [4.69, 9.17) is 5.11 Å². The Morgan fingerprint density at radius 2 is 2.35 bits per heavy atom. The van der Waals surface area contributed by atoms with Gasteiger partial charge in [-0.2, -0.15) is 0 Å². The number of esters is 1. The van der Waals surface area contributed by atoms with Gasteiger partial charge in [0.25, 0.3) is 5.91 Å². The topological polar surface area (TPSA) is 75.6 Å². The zero-order valence-electron chi connectivity index (χ0n) is 9.15. The number of thiophene rings is 1. The molecular formula is C11H11NO4S. The lowest BCUT2D eigenvalue weighted by atomic mass is 10.3. The monoisotopic (exact) mass is 253 g/mol. The van der Waals surface area contributed by atoms with Crippen LogP contribution in [0.3, 0.4) is 0 Å². The van der Waals surface area contributed by atoms with Gasteiger partial charge in [-0.15, -0.1) is 11.3 Å². The number of ether oxygens (including phenoxy) is 1. The normalized spacial score (nSPS) is 9.06. The zero-order chi connectivity index (χ0) is 12.7. The summed E-state index contributed by atoms with van der Waals surface area (Å²) in [7, 11) is 1.25. The van der Waals surface area contributed by atoms with Crippen LogP contribution in [0.5, 0.6) is 0 Å². The van der Waals surface area contributed by atoms with Crippen molar-refractivity contribution in [2.45, 2.75) is 0 Å². The van der Waals surface area contributed by atoms with Crippen molar-refractivity contribution in [2.75, 3.05) is 20.3 Å². The summed E-state index contributed by atoms with van der Waals surface area (Å²) in [5.41, 5.74) is 0.432. The fourth-order valence-electron chi connectivity index (χ4n) is 0.974. The number of aliphatic hydroxyl groups excluding tert-OH is 1. The first-order chi connectivity index (χ1) is 8.17. The van der Waals surface area contributed by atoms with E-state index in [1.54, 1.807) is 11.4 Å². The molecule has 1 aromatic rings. The Bertz CT molecular complexity index is 469. The lowest BCUT2D eigenvalue weighted by molar-refractivity contribution is -0.139. The Kier molecular flexibility index (Phi) is 5.20. The van der Waals surface area contributed by atoms with Gasteiger partial charge in [0.05, 0.1) is 17.6 Å². The molecule has 0 aromatic carbocycles. The number of hydrogen-bond acceptors (Lipinski definition) is 5. The summed E-state index contributed by atoms with van der Waals surface area (Å²) in [5, 5.41) is 12.6. The van der Waals surface area contributed by atoms with Crippen LogP contribution in [0.15, 0.2) is 11.4 Å². The van der Waals surface area contributed by atoms with Crippen LogP contribution in [0.1, 0.15) is 15.2 Å². The van der Waals surface area contributed by atoms with Gasteiger partial charge >= 0.3 is 5.97 Å². The van der Waals surface area contributed by atoms with Gasteiger partial charge in [0.15, 0.2) is 0 Å². The second-order valence-electron chi connectivity index (χ2n) is 2.92. The smallest absolute Gasteiger partial charge is 0.325 e. The fraction of sp³-hybridized carbons (Fsp3) is 0.273. The lowest BCUT2D eigenvalue weighted by Gasteiger charge is -2.00. The molecule has 90 valence electrons. The molecule has 0 aliphatic rings. The number of carbonyl (C=O) groups is 2. The number of aliphatic hydroxyl groups is 1. The largest absolute Gasteiger partial charge is 0.468 e. The van der Waals surface area contributed by atoms with Crippen LogP contribution in [0.25, 0.3) is 0 Å². The highest BCUT2D eigenvalue weighted by Crippen LogP contribution is 2.13. The summed E-state index contributed by atoms with van der Waals surface area (Å²) in [4.78, 5) is 23.0. The summed E-state index contributed by atoms with van der Waals surface area (Å²) >= 11 is 1.30. The lowest BCUT2D eigenvalue weighted by Crippen LogP contribution is -2.29. The Labute approximate surface area is 102 Å². The van der Waals surface area contributed by atoms with Crippen LogP contribution in [0.4, 0.5) is 0 Å². The third-order valence-corrected chi connectivity index (χ3v) is 2.62. The maximum absolute atomic E-state index is 11.5. The molecule has 0 saturated heterocycles. The highest BCUT2D eigenvalue weighted by Gasteiger charge is 2.09. The third-order valence-electron chi connectivity index (χ3n) is 1.77. The van der Waals surface area contributed by atoms with E-state index >= 15 is 0 Å². The van der Waals surface area contributed by atoms with Gasteiger partial charge in [-0.25, -0.2) is 0 Å². The molecule has 17 heavy (non-hydrogen) atoms. The molecule has 0 fully saturated rings. The van der Waals surface area contributed by atoms with E-state index < -0.39 is 5.97 Å². The van der Waals surface area contributed by atoms with E-state index in [2.05, 4.69) is 21.9 Å². The summed E-state index contributed by atoms with van der Waals surface area (Å²) < 4.78 is 4.39. The number of rotatable bonds is 3. The molecule has 1 rings (SSSR count). The first kappa shape index (κ1) is 13.2. The summed E-state index contributed by atoms with van der Waals surface area (Å²) in [6, 6.07) is 1.60. The average molecular weight is 253 g/mol. The van der Waals surface area contributed by atoms with Crippen LogP contribution in [0, 0.1) is 11.8 Å². The van der Waals surface area contributed by atoms with Gasteiger partial charge in [0.1, 0.15) is 13.2 Å². The number of methoxy groups -OCH3 is 1. The minimum atomic E-state index is -0.506. The number of hydrogen-bond donors (Lipinski definition) is 2. The standard InChI is InChI=1S/C11H11NO4S/c1-16-10(14)6-12-11(15)8-5-9(17-7-8)3-2-4-13/h5,7,13H,4,6H2,1H3,(H,12,15). The number of nitrogens with one attached hydrogen (secondary N) is 1. The number of amides is 1. The van der Waals surface area contributed by atoms with Gasteiger partial charge in [0.2, 0.25) is 0 Å². The Morgan fingerprint density at radius 1 is 1.59 bits per heavy atom. The van der Waals surface area contributed by atoms with Gasteiger partial charge in [-0.05, 0) is 6.07 Å². The zero-order valence-corrected chi connectivity index (χ0v) is 9.97. The molecule has 0 saturated carbocycles. The van der Waals surface area contributed by atoms with Crippen LogP contribution in [-0.2, 0) is 9.53 Å². The van der Waals surface area contributed by atoms with E-state index in [1.807, 2.05) is 0 Å². The van der Waals surface area contributed by atoms with E-state index in [0.717, 1.165) is 0 Å². The minimum absolute atomic E-state index is 0.164. The van der Waals surface area contributed by atoms with Crippen LogP contribution in [0.2, 0.25) is 0 Å². The second kappa shape index (κ2) is 6.68. The van der Waals surface area contributed by atoms with Crippen molar-refractivity contribution in [3.8, 4) is 11.8 Å². The van der Waals surface area contributed by atoms with Crippen molar-refractivity contribution in [2.24, 2.45) is 0 Å². The summed E-state index contributed by atoms with van der Waals surface area (Å²) in [6.07, 6.45) is 0. The van der Waals surface area contributed by atoms with Crippen molar-refractivity contribution in [3.05, 3.63) is 21.9 Å². The molecule has 0 unspecified atom stereocenters. The summed E-state index contributed by atoms with van der Waals surface area (Å²) in [5.74, 6) is 4.32. The molecule has 0 spiro atoms. The molecule has 2 N–H and O–H groups in total. The maximum Gasteiger partial charge on any atom is 0.325 e. The van der Waals surface area contributed by atoms with E-state index in [1.165, 1.54) is 18.4 Å². The molecule has 0 radical (unpaired) electrons. The molecule has 0 aliphatic carbocycles. The maximum atomic E-state index is 11.5. The van der Waals surface area contributed by atoms with Crippen molar-refractivity contribution < 1.29 is 19.4 Å². The van der Waals surface area contributed by atoms with Gasteiger partial charge < -0.3 is 15.2 Å². The minimum Gasteiger partial charge on any atom is -0.468 e. The molecule has 1 amide bonds. The molecule has 0 bridgehead atoms. The first-order valence-electron chi connectivity index (χ1n) is 4.70. The molecule has 1 aromatic heterocycles. The third kappa shape index (κ3) is 4.26. The van der Waals surface area contributed by atoms with Crippen LogP contribution < -0.4 is 5.32 Å². The first-order valence-corrected chi connectivity index (χ1v) is 5.58. The Balaban J connectivity index is 2.58. The Hall–Kier alpha value is -1.84. The van der Waals surface area contributed by atoms with Gasteiger partial charge in [0, 0.05) is 5.38 Å². The van der Waals surface area contributed by atoms with E-state index in [-0.39, 0.29) is 19.1 Å². The van der Waals surface area contributed by atoms with Crippen LogP contribution in [-0.4, -0.2) is 37.2 Å². The predicted molar refractivity (Wildman–Crippen MR) is 62.6 cm³/mol. The van der Waals surface area contributed by atoms with E-state index in [0.29, 0.717) is 10.4 Å². The molecular weight excluding hydrogens is 242 g/mol. The number of carbonyl (C=O) groups excluding carboxylic acids is 2. The molecule has 0 atom stereocenters.